The van der Waals surface area contributed by atoms with Gasteiger partial charge < -0.3 is 0 Å². The maximum atomic E-state index is 11.4. The topological polar surface area (TPSA) is 17.1 Å². The number of halogens is 1. The van der Waals surface area contributed by atoms with E-state index in [4.69, 9.17) is 0 Å². The number of hydrogen-bond acceptors (Lipinski definition) is 2. The lowest BCUT2D eigenvalue weighted by atomic mass is 10.2. The van der Waals surface area contributed by atoms with Crippen LogP contribution in [0.25, 0.3) is 0 Å². The Morgan fingerprint density at radius 1 is 1.58 bits per heavy atom. The molecule has 1 rings (SSSR count). The van der Waals surface area contributed by atoms with Crippen LogP contribution < -0.4 is 0 Å². The van der Waals surface area contributed by atoms with E-state index in [1.54, 1.807) is 6.08 Å². The van der Waals surface area contributed by atoms with E-state index in [1.807, 2.05) is 25.3 Å². The zero-order valence-corrected chi connectivity index (χ0v) is 9.33. The molecule has 1 aromatic rings. The first-order valence-corrected chi connectivity index (χ1v) is 5.20. The first-order chi connectivity index (χ1) is 5.61. The third kappa shape index (κ3) is 2.29. The van der Waals surface area contributed by atoms with Crippen molar-refractivity contribution in [1.82, 2.24) is 0 Å². The van der Waals surface area contributed by atoms with Crippen LogP contribution in [-0.4, -0.2) is 5.78 Å². The average molecular weight is 245 g/mol. The molecule has 0 unspecified atom stereocenters. The van der Waals surface area contributed by atoms with Crippen molar-refractivity contribution >= 4 is 33.0 Å². The number of hydrogen-bond donors (Lipinski definition) is 0. The Morgan fingerprint density at radius 3 is 2.67 bits per heavy atom. The van der Waals surface area contributed by atoms with Crippen molar-refractivity contribution in [2.75, 3.05) is 0 Å². The molecular weight excluding hydrogens is 236 g/mol. The van der Waals surface area contributed by atoms with Crippen molar-refractivity contribution in [3.05, 3.63) is 32.4 Å². The molecule has 0 aliphatic heterocycles. The van der Waals surface area contributed by atoms with E-state index in [0.29, 0.717) is 0 Å². The molecule has 1 heterocycles. The number of rotatable bonds is 2. The Balaban J connectivity index is 2.93. The van der Waals surface area contributed by atoms with Gasteiger partial charge in [-0.15, -0.1) is 11.3 Å². The molecule has 0 bridgehead atoms. The van der Waals surface area contributed by atoms with Gasteiger partial charge in [-0.1, -0.05) is 5.57 Å². The van der Waals surface area contributed by atoms with E-state index in [-0.39, 0.29) is 5.78 Å². The van der Waals surface area contributed by atoms with E-state index < -0.39 is 0 Å². The van der Waals surface area contributed by atoms with Crippen molar-refractivity contribution in [2.45, 2.75) is 13.8 Å². The summed E-state index contributed by atoms with van der Waals surface area (Å²) in [5.74, 6) is 0.0804. The van der Waals surface area contributed by atoms with Crippen LogP contribution in [0, 0.1) is 0 Å². The highest BCUT2D eigenvalue weighted by Gasteiger charge is 2.07. The quantitative estimate of drug-likeness (QED) is 0.574. The van der Waals surface area contributed by atoms with Crippen molar-refractivity contribution in [3.8, 4) is 0 Å². The van der Waals surface area contributed by atoms with Gasteiger partial charge >= 0.3 is 0 Å². The largest absolute Gasteiger partial charge is 0.288 e. The van der Waals surface area contributed by atoms with Gasteiger partial charge in [0.2, 0.25) is 0 Å². The van der Waals surface area contributed by atoms with Gasteiger partial charge in [-0.25, -0.2) is 0 Å². The molecule has 1 nitrogen and oxygen atoms in total. The molecule has 12 heavy (non-hydrogen) atoms. The van der Waals surface area contributed by atoms with Crippen LogP contribution >= 0.6 is 27.3 Å². The van der Waals surface area contributed by atoms with Crippen molar-refractivity contribution < 1.29 is 4.79 Å². The molecule has 0 aliphatic rings. The second kappa shape index (κ2) is 4.01. The summed E-state index contributed by atoms with van der Waals surface area (Å²) in [4.78, 5) is 12.2. The highest BCUT2D eigenvalue weighted by atomic mass is 79.9. The fourth-order valence-electron chi connectivity index (χ4n) is 0.797. The number of ketones is 1. The summed E-state index contributed by atoms with van der Waals surface area (Å²) in [6.07, 6.45) is 1.65. The van der Waals surface area contributed by atoms with E-state index in [2.05, 4.69) is 15.9 Å². The van der Waals surface area contributed by atoms with Gasteiger partial charge in [-0.05, 0) is 47.3 Å². The molecule has 0 fully saturated rings. The van der Waals surface area contributed by atoms with Gasteiger partial charge in [0, 0.05) is 4.47 Å². The molecule has 0 spiro atoms. The van der Waals surface area contributed by atoms with Crippen LogP contribution in [0.5, 0.6) is 0 Å². The maximum absolute atomic E-state index is 11.4. The van der Waals surface area contributed by atoms with E-state index >= 15 is 0 Å². The molecule has 1 aromatic heterocycles. The number of carbonyl (C=O) groups excluding carboxylic acids is 1. The predicted molar refractivity (Wildman–Crippen MR) is 55.8 cm³/mol. The average Bonchev–Trinajstić information content (AvgIpc) is 2.33. The number of thiophene rings is 1. The summed E-state index contributed by atoms with van der Waals surface area (Å²) in [7, 11) is 0. The van der Waals surface area contributed by atoms with Crippen LogP contribution in [0.15, 0.2) is 27.6 Å². The summed E-state index contributed by atoms with van der Waals surface area (Å²) in [6, 6.07) is 1.89. The standard InChI is InChI=1S/C9H9BrOS/c1-6(2)5-8(11)9-7(10)3-4-12-9/h3-5H,1-2H3. The molecule has 0 radical (unpaired) electrons. The Bertz CT molecular complexity index is 321. The zero-order valence-electron chi connectivity index (χ0n) is 6.93. The molecule has 3 heteroatoms. The summed E-state index contributed by atoms with van der Waals surface area (Å²) in [5.41, 5.74) is 1.03. The fraction of sp³-hybridized carbons (Fsp3) is 0.222. The first kappa shape index (κ1) is 9.68. The predicted octanol–water partition coefficient (Wildman–Crippen LogP) is 3.66. The Morgan fingerprint density at radius 2 is 2.25 bits per heavy atom. The van der Waals surface area contributed by atoms with Gasteiger partial charge in [0.15, 0.2) is 5.78 Å². The molecule has 0 atom stereocenters. The van der Waals surface area contributed by atoms with Crippen LogP contribution in [0.3, 0.4) is 0 Å². The molecular formula is C9H9BrOS. The summed E-state index contributed by atoms with van der Waals surface area (Å²) in [5, 5.41) is 1.90. The maximum Gasteiger partial charge on any atom is 0.196 e. The Hall–Kier alpha value is -0.410. The van der Waals surface area contributed by atoms with E-state index in [0.717, 1.165) is 14.9 Å². The molecule has 0 amide bonds. The molecule has 64 valence electrons. The van der Waals surface area contributed by atoms with Gasteiger partial charge in [-0.3, -0.25) is 4.79 Å². The lowest BCUT2D eigenvalue weighted by Gasteiger charge is -1.91. The molecule has 0 aliphatic carbocycles. The normalized spacial score (nSPS) is 9.58. The van der Waals surface area contributed by atoms with Crippen LogP contribution in [0.4, 0.5) is 0 Å². The van der Waals surface area contributed by atoms with Gasteiger partial charge in [0.25, 0.3) is 0 Å². The second-order valence-corrected chi connectivity index (χ2v) is 4.45. The SMILES string of the molecule is CC(C)=CC(=O)c1sccc1Br. The van der Waals surface area contributed by atoms with Gasteiger partial charge in [0.05, 0.1) is 4.88 Å². The van der Waals surface area contributed by atoms with Crippen LogP contribution in [-0.2, 0) is 0 Å². The number of carbonyl (C=O) groups is 1. The van der Waals surface area contributed by atoms with E-state index in [1.165, 1.54) is 11.3 Å². The Labute approximate surface area is 84.2 Å². The van der Waals surface area contributed by atoms with Crippen molar-refractivity contribution in [3.63, 3.8) is 0 Å². The molecule has 0 N–H and O–H groups in total. The number of allylic oxidation sites excluding steroid dienone is 2. The lowest BCUT2D eigenvalue weighted by Crippen LogP contribution is -1.91. The summed E-state index contributed by atoms with van der Waals surface area (Å²) in [6.45, 7) is 3.83. The van der Waals surface area contributed by atoms with Crippen LogP contribution in [0.2, 0.25) is 0 Å². The van der Waals surface area contributed by atoms with Crippen LogP contribution in [0.1, 0.15) is 23.5 Å². The lowest BCUT2D eigenvalue weighted by molar-refractivity contribution is 0.104. The fourth-order valence-corrected chi connectivity index (χ4v) is 2.28. The third-order valence-electron chi connectivity index (χ3n) is 1.26. The first-order valence-electron chi connectivity index (χ1n) is 3.53. The second-order valence-electron chi connectivity index (χ2n) is 2.68. The van der Waals surface area contributed by atoms with Crippen molar-refractivity contribution in [2.24, 2.45) is 0 Å². The van der Waals surface area contributed by atoms with Gasteiger partial charge in [0.1, 0.15) is 0 Å². The van der Waals surface area contributed by atoms with E-state index in [9.17, 15) is 4.79 Å². The minimum Gasteiger partial charge on any atom is -0.288 e. The smallest absolute Gasteiger partial charge is 0.196 e. The molecule has 0 aromatic carbocycles. The molecule has 0 saturated heterocycles. The highest BCUT2D eigenvalue weighted by molar-refractivity contribution is 9.10. The van der Waals surface area contributed by atoms with Crippen molar-refractivity contribution in [1.29, 1.82) is 0 Å². The Kier molecular flexibility index (Phi) is 3.23. The molecule has 0 saturated carbocycles. The monoisotopic (exact) mass is 244 g/mol. The zero-order chi connectivity index (χ0) is 9.14. The minimum atomic E-state index is 0.0804. The van der Waals surface area contributed by atoms with Gasteiger partial charge in [-0.2, -0.15) is 0 Å². The summed E-state index contributed by atoms with van der Waals surface area (Å²) >= 11 is 4.78. The highest BCUT2D eigenvalue weighted by Crippen LogP contribution is 2.23. The minimum absolute atomic E-state index is 0.0804. The summed E-state index contributed by atoms with van der Waals surface area (Å²) < 4.78 is 0.884. The third-order valence-corrected chi connectivity index (χ3v) is 3.11.